The molecule has 1 N–H and O–H groups in total. The number of piperidine rings is 1. The van der Waals surface area contributed by atoms with Gasteiger partial charge in [-0.2, -0.15) is 0 Å². The van der Waals surface area contributed by atoms with Crippen LogP contribution in [0.4, 0.5) is 0 Å². The van der Waals surface area contributed by atoms with E-state index in [2.05, 4.69) is 31.8 Å². The molecule has 2 atom stereocenters. The van der Waals surface area contributed by atoms with E-state index >= 15 is 0 Å². The van der Waals surface area contributed by atoms with Crippen molar-refractivity contribution in [1.29, 1.82) is 0 Å². The Labute approximate surface area is 163 Å². The normalized spacial score (nSPS) is 29.4. The van der Waals surface area contributed by atoms with Gasteiger partial charge in [-0.3, -0.25) is 19.7 Å². The Kier molecular flexibility index (Phi) is 6.73. The van der Waals surface area contributed by atoms with Crippen molar-refractivity contribution >= 4 is 0 Å². The average Bonchev–Trinajstić information content (AvgIpc) is 3.13. The molecule has 0 aromatic carbocycles. The van der Waals surface area contributed by atoms with Crippen LogP contribution in [0, 0.1) is 11.8 Å². The molecule has 0 amide bonds. The highest BCUT2D eigenvalue weighted by Gasteiger charge is 2.37. The molecule has 0 bridgehead atoms. The average molecular weight is 375 g/mol. The maximum atomic E-state index is 9.90. The summed E-state index contributed by atoms with van der Waals surface area (Å²) in [5.41, 5.74) is 1.17. The summed E-state index contributed by atoms with van der Waals surface area (Å²) in [4.78, 5) is 12.2. The molecule has 0 saturated carbocycles. The van der Waals surface area contributed by atoms with E-state index in [1.165, 1.54) is 18.5 Å². The van der Waals surface area contributed by atoms with Gasteiger partial charge in [0.05, 0.1) is 18.9 Å². The quantitative estimate of drug-likeness (QED) is 0.799. The zero-order valence-electron chi connectivity index (χ0n) is 16.4. The van der Waals surface area contributed by atoms with Crippen LogP contribution in [0.15, 0.2) is 24.4 Å². The highest BCUT2D eigenvalue weighted by atomic mass is 16.5. The largest absolute Gasteiger partial charge is 0.396 e. The van der Waals surface area contributed by atoms with Gasteiger partial charge >= 0.3 is 0 Å². The van der Waals surface area contributed by atoms with Gasteiger partial charge in [0, 0.05) is 71.2 Å². The molecule has 0 aliphatic carbocycles. The summed E-state index contributed by atoms with van der Waals surface area (Å²) in [6.07, 6.45) is 4.35. The van der Waals surface area contributed by atoms with Crippen molar-refractivity contribution in [2.45, 2.75) is 25.4 Å². The Morgan fingerprint density at radius 1 is 1.00 bits per heavy atom. The number of nitrogens with zero attached hydrogens (tertiary/aromatic N) is 4. The fraction of sp³-hybridized carbons (Fsp3) is 0.762. The third-order valence-corrected chi connectivity index (χ3v) is 6.62. The molecule has 6 nitrogen and oxygen atoms in total. The molecule has 6 heteroatoms. The standard InChI is InChI=1S/C21H34N4O2/c26-17-19-15-25(14-18(19)13-24-9-11-27-12-10-24)21-4-7-23(8-5-21)16-20-3-1-2-6-22-20/h1-3,6,18-19,21,26H,4-5,7-17H2/t18-,19-/m1/s1. The SMILES string of the molecule is OC[C@H]1CN(C2CCN(Cc3ccccn3)CC2)C[C@H]1CN1CCOCC1. The van der Waals surface area contributed by atoms with E-state index in [1.54, 1.807) is 0 Å². The second-order valence-electron chi connectivity index (χ2n) is 8.40. The van der Waals surface area contributed by atoms with E-state index < -0.39 is 0 Å². The molecule has 0 unspecified atom stereocenters. The molecular weight excluding hydrogens is 340 g/mol. The van der Waals surface area contributed by atoms with Crippen LogP contribution >= 0.6 is 0 Å². The van der Waals surface area contributed by atoms with Crippen LogP contribution in [0.5, 0.6) is 0 Å². The van der Waals surface area contributed by atoms with Gasteiger partial charge in [0.15, 0.2) is 0 Å². The highest BCUT2D eigenvalue weighted by Crippen LogP contribution is 2.29. The minimum absolute atomic E-state index is 0.323. The maximum absolute atomic E-state index is 9.90. The Hall–Kier alpha value is -1.05. The topological polar surface area (TPSA) is 52.1 Å². The molecule has 3 saturated heterocycles. The van der Waals surface area contributed by atoms with Crippen LogP contribution in [0.2, 0.25) is 0 Å². The van der Waals surface area contributed by atoms with Crippen LogP contribution < -0.4 is 0 Å². The molecule has 1 aromatic heterocycles. The lowest BCUT2D eigenvalue weighted by molar-refractivity contribution is 0.0261. The third-order valence-electron chi connectivity index (χ3n) is 6.62. The van der Waals surface area contributed by atoms with Crippen LogP contribution in [0.1, 0.15) is 18.5 Å². The lowest BCUT2D eigenvalue weighted by Crippen LogP contribution is -2.44. The van der Waals surface area contributed by atoms with Crippen molar-refractivity contribution in [3.05, 3.63) is 30.1 Å². The minimum atomic E-state index is 0.323. The molecule has 27 heavy (non-hydrogen) atoms. The number of ether oxygens (including phenoxy) is 1. The Morgan fingerprint density at radius 2 is 1.78 bits per heavy atom. The first-order chi connectivity index (χ1) is 13.3. The summed E-state index contributed by atoms with van der Waals surface area (Å²) >= 11 is 0. The number of rotatable bonds is 6. The lowest BCUT2D eigenvalue weighted by atomic mass is 9.96. The summed E-state index contributed by atoms with van der Waals surface area (Å²) in [6, 6.07) is 6.85. The van der Waals surface area contributed by atoms with Gasteiger partial charge in [-0.25, -0.2) is 0 Å². The first-order valence-corrected chi connectivity index (χ1v) is 10.6. The Balaban J connectivity index is 1.25. The number of pyridine rings is 1. The first kappa shape index (κ1) is 19.3. The summed E-state index contributed by atoms with van der Waals surface area (Å²) in [7, 11) is 0. The summed E-state index contributed by atoms with van der Waals surface area (Å²) in [5, 5.41) is 9.90. The van der Waals surface area contributed by atoms with E-state index in [1.807, 2.05) is 12.3 Å². The van der Waals surface area contributed by atoms with Crippen molar-refractivity contribution in [1.82, 2.24) is 19.7 Å². The Morgan fingerprint density at radius 3 is 2.48 bits per heavy atom. The summed E-state index contributed by atoms with van der Waals surface area (Å²) < 4.78 is 5.48. The molecule has 150 valence electrons. The molecule has 0 radical (unpaired) electrons. The Bertz CT molecular complexity index is 559. The zero-order valence-corrected chi connectivity index (χ0v) is 16.4. The minimum Gasteiger partial charge on any atom is -0.396 e. The molecule has 3 aliphatic rings. The molecule has 3 aliphatic heterocycles. The number of hydrogen-bond donors (Lipinski definition) is 1. The van der Waals surface area contributed by atoms with Crippen LogP contribution in [-0.2, 0) is 11.3 Å². The van der Waals surface area contributed by atoms with Gasteiger partial charge in [-0.15, -0.1) is 0 Å². The van der Waals surface area contributed by atoms with E-state index in [0.29, 0.717) is 24.5 Å². The van der Waals surface area contributed by atoms with E-state index in [9.17, 15) is 5.11 Å². The van der Waals surface area contributed by atoms with Gasteiger partial charge in [0.25, 0.3) is 0 Å². The highest BCUT2D eigenvalue weighted by molar-refractivity contribution is 5.03. The van der Waals surface area contributed by atoms with Crippen LogP contribution in [0.25, 0.3) is 0 Å². The fourth-order valence-corrected chi connectivity index (χ4v) is 4.97. The zero-order chi connectivity index (χ0) is 18.5. The van der Waals surface area contributed by atoms with Crippen molar-refractivity contribution in [2.75, 3.05) is 65.6 Å². The molecule has 4 rings (SSSR count). The van der Waals surface area contributed by atoms with Crippen molar-refractivity contribution in [3.63, 3.8) is 0 Å². The first-order valence-electron chi connectivity index (χ1n) is 10.6. The second kappa shape index (κ2) is 9.43. The number of aliphatic hydroxyl groups is 1. The van der Waals surface area contributed by atoms with Gasteiger partial charge in [-0.05, 0) is 36.8 Å². The number of hydrogen-bond acceptors (Lipinski definition) is 6. The lowest BCUT2D eigenvalue weighted by Gasteiger charge is -2.37. The maximum Gasteiger partial charge on any atom is 0.0594 e. The summed E-state index contributed by atoms with van der Waals surface area (Å²) in [6.45, 7) is 10.7. The van der Waals surface area contributed by atoms with E-state index in [0.717, 1.165) is 65.6 Å². The van der Waals surface area contributed by atoms with E-state index in [4.69, 9.17) is 4.74 Å². The molecular formula is C21H34N4O2. The smallest absolute Gasteiger partial charge is 0.0594 e. The van der Waals surface area contributed by atoms with Crippen molar-refractivity contribution in [2.24, 2.45) is 11.8 Å². The molecule has 1 aromatic rings. The fourth-order valence-electron chi connectivity index (χ4n) is 4.97. The number of likely N-dealkylation sites (tertiary alicyclic amines) is 2. The van der Waals surface area contributed by atoms with Crippen LogP contribution in [0.3, 0.4) is 0 Å². The van der Waals surface area contributed by atoms with Gasteiger partial charge in [0.1, 0.15) is 0 Å². The molecule has 4 heterocycles. The second-order valence-corrected chi connectivity index (χ2v) is 8.40. The van der Waals surface area contributed by atoms with Crippen LogP contribution in [-0.4, -0.2) is 96.5 Å². The predicted molar refractivity (Wildman–Crippen MR) is 105 cm³/mol. The third kappa shape index (κ3) is 5.06. The number of morpholine rings is 1. The van der Waals surface area contributed by atoms with Gasteiger partial charge in [-0.1, -0.05) is 6.07 Å². The van der Waals surface area contributed by atoms with Crippen molar-refractivity contribution < 1.29 is 9.84 Å². The molecule has 0 spiro atoms. The number of aromatic nitrogens is 1. The predicted octanol–water partition coefficient (Wildman–Crippen LogP) is 0.919. The van der Waals surface area contributed by atoms with E-state index in [-0.39, 0.29) is 0 Å². The van der Waals surface area contributed by atoms with Gasteiger partial charge < -0.3 is 9.84 Å². The molecule has 3 fully saturated rings. The monoisotopic (exact) mass is 374 g/mol. The van der Waals surface area contributed by atoms with Gasteiger partial charge in [0.2, 0.25) is 0 Å². The summed E-state index contributed by atoms with van der Waals surface area (Å²) in [5.74, 6) is 1.03. The number of aliphatic hydroxyl groups excluding tert-OH is 1. The van der Waals surface area contributed by atoms with Crippen molar-refractivity contribution in [3.8, 4) is 0 Å².